The molecule has 19 heavy (non-hydrogen) atoms. The van der Waals surface area contributed by atoms with E-state index in [0.717, 1.165) is 19.3 Å². The summed E-state index contributed by atoms with van der Waals surface area (Å²) in [5.41, 5.74) is -0.463. The Morgan fingerprint density at radius 2 is 1.95 bits per heavy atom. The molecule has 1 aliphatic rings. The lowest BCUT2D eigenvalue weighted by Gasteiger charge is -2.32. The van der Waals surface area contributed by atoms with Gasteiger partial charge in [0.2, 0.25) is 0 Å². The summed E-state index contributed by atoms with van der Waals surface area (Å²) in [4.78, 5) is 11.8. The van der Waals surface area contributed by atoms with E-state index in [1.165, 1.54) is 6.42 Å². The van der Waals surface area contributed by atoms with Gasteiger partial charge in [0.25, 0.3) is 0 Å². The zero-order chi connectivity index (χ0) is 14.5. The Bertz CT molecular complexity index is 325. The van der Waals surface area contributed by atoms with E-state index in [1.807, 2.05) is 20.8 Å². The van der Waals surface area contributed by atoms with E-state index >= 15 is 0 Å². The monoisotopic (exact) mass is 287 g/mol. The number of nitrogens with one attached hydrogen (secondary N) is 1. The number of carbonyl (C=O) groups excluding carboxylic acids is 1. The molecule has 1 fully saturated rings. The minimum atomic E-state index is -0.463. The average molecular weight is 287 g/mol. The number of rotatable bonds is 3. The zero-order valence-corrected chi connectivity index (χ0v) is 13.1. The standard InChI is InChI=1S/C14H25NO3S/c1-10(19)17-9-11-7-5-6-8-12(11)15-13(16)18-14(2,3)4/h11-12H,5-9H2,1-4H3,(H,15,16)/t11-,12-/m0/s1. The van der Waals surface area contributed by atoms with E-state index in [-0.39, 0.29) is 12.1 Å². The third-order valence-electron chi connectivity index (χ3n) is 3.11. The molecule has 1 N–H and O–H groups in total. The third kappa shape index (κ3) is 6.76. The fraction of sp³-hybridized carbons (Fsp3) is 0.857. The van der Waals surface area contributed by atoms with Gasteiger partial charge in [-0.15, -0.1) is 0 Å². The maximum Gasteiger partial charge on any atom is 0.407 e. The van der Waals surface area contributed by atoms with Crippen molar-refractivity contribution in [3.8, 4) is 0 Å². The molecular formula is C14H25NO3S. The first-order chi connectivity index (χ1) is 8.78. The predicted molar refractivity (Wildman–Crippen MR) is 79.3 cm³/mol. The largest absolute Gasteiger partial charge is 0.487 e. The summed E-state index contributed by atoms with van der Waals surface area (Å²) >= 11 is 4.93. The van der Waals surface area contributed by atoms with Gasteiger partial charge >= 0.3 is 6.09 Å². The van der Waals surface area contributed by atoms with Crippen molar-refractivity contribution in [2.45, 2.75) is 65.0 Å². The van der Waals surface area contributed by atoms with Crippen LogP contribution >= 0.6 is 12.2 Å². The number of ether oxygens (including phenoxy) is 2. The first kappa shape index (κ1) is 16.2. The Labute approximate surface area is 121 Å². The van der Waals surface area contributed by atoms with E-state index in [0.29, 0.717) is 17.6 Å². The molecule has 0 saturated heterocycles. The summed E-state index contributed by atoms with van der Waals surface area (Å²) in [5.74, 6) is 0.319. The summed E-state index contributed by atoms with van der Waals surface area (Å²) in [7, 11) is 0. The normalized spacial score (nSPS) is 23.6. The van der Waals surface area contributed by atoms with Gasteiger partial charge in [-0.25, -0.2) is 4.79 Å². The van der Waals surface area contributed by atoms with Gasteiger partial charge in [-0.1, -0.05) is 12.8 Å². The average Bonchev–Trinajstić information content (AvgIpc) is 2.25. The summed E-state index contributed by atoms with van der Waals surface area (Å²) in [6, 6.07) is 0.123. The number of thiocarbonyl (C=S) groups is 1. The highest BCUT2D eigenvalue weighted by molar-refractivity contribution is 7.80. The SMILES string of the molecule is CC(=S)OC[C@@H]1CCCC[C@@H]1NC(=O)OC(C)(C)C. The molecule has 5 heteroatoms. The van der Waals surface area contributed by atoms with E-state index in [4.69, 9.17) is 21.7 Å². The Morgan fingerprint density at radius 3 is 2.53 bits per heavy atom. The molecule has 110 valence electrons. The fourth-order valence-corrected chi connectivity index (χ4v) is 2.35. The van der Waals surface area contributed by atoms with E-state index in [1.54, 1.807) is 6.92 Å². The topological polar surface area (TPSA) is 47.6 Å². The second-order valence-corrected chi connectivity index (χ2v) is 6.67. The molecule has 0 aliphatic heterocycles. The van der Waals surface area contributed by atoms with Gasteiger partial charge in [-0.3, -0.25) is 0 Å². The highest BCUT2D eigenvalue weighted by Crippen LogP contribution is 2.25. The highest BCUT2D eigenvalue weighted by Gasteiger charge is 2.28. The lowest BCUT2D eigenvalue weighted by atomic mass is 9.85. The molecule has 0 spiro atoms. The summed E-state index contributed by atoms with van der Waals surface area (Å²) in [5, 5.41) is 3.52. The van der Waals surface area contributed by atoms with Crippen molar-refractivity contribution in [2.75, 3.05) is 6.61 Å². The lowest BCUT2D eigenvalue weighted by Crippen LogP contribution is -2.45. The van der Waals surface area contributed by atoms with Crippen LogP contribution in [0.2, 0.25) is 0 Å². The van der Waals surface area contributed by atoms with Crippen LogP contribution in [0.4, 0.5) is 4.79 Å². The smallest absolute Gasteiger partial charge is 0.407 e. The Kier molecular flexibility index (Phi) is 6.04. The number of alkyl carbamates (subject to hydrolysis) is 1. The van der Waals surface area contributed by atoms with Crippen molar-refractivity contribution in [3.05, 3.63) is 0 Å². The van der Waals surface area contributed by atoms with Crippen LogP contribution in [-0.2, 0) is 9.47 Å². The lowest BCUT2D eigenvalue weighted by molar-refractivity contribution is 0.0449. The van der Waals surface area contributed by atoms with Crippen molar-refractivity contribution >= 4 is 23.4 Å². The van der Waals surface area contributed by atoms with Crippen LogP contribution in [0, 0.1) is 5.92 Å². The highest BCUT2D eigenvalue weighted by atomic mass is 32.1. The van der Waals surface area contributed by atoms with E-state index < -0.39 is 5.60 Å². The van der Waals surface area contributed by atoms with Crippen LogP contribution in [0.5, 0.6) is 0 Å². The van der Waals surface area contributed by atoms with Crippen molar-refractivity contribution in [1.82, 2.24) is 5.32 Å². The van der Waals surface area contributed by atoms with E-state index in [9.17, 15) is 4.79 Å². The molecule has 1 aliphatic carbocycles. The second kappa shape index (κ2) is 7.08. The van der Waals surface area contributed by atoms with Crippen LogP contribution in [-0.4, -0.2) is 29.4 Å². The number of carbonyl (C=O) groups is 1. The molecule has 0 aromatic carbocycles. The first-order valence-electron chi connectivity index (χ1n) is 6.91. The zero-order valence-electron chi connectivity index (χ0n) is 12.3. The molecule has 0 aromatic rings. The van der Waals surface area contributed by atoms with Gasteiger partial charge in [0.05, 0.1) is 6.61 Å². The number of hydrogen-bond donors (Lipinski definition) is 1. The van der Waals surface area contributed by atoms with Crippen LogP contribution in [0.1, 0.15) is 53.4 Å². The third-order valence-corrected chi connectivity index (χ3v) is 3.23. The molecule has 2 atom stereocenters. The van der Waals surface area contributed by atoms with Crippen LogP contribution in [0.25, 0.3) is 0 Å². The van der Waals surface area contributed by atoms with E-state index in [2.05, 4.69) is 5.32 Å². The van der Waals surface area contributed by atoms with Crippen molar-refractivity contribution in [3.63, 3.8) is 0 Å². The van der Waals surface area contributed by atoms with Crippen LogP contribution in [0.3, 0.4) is 0 Å². The summed E-state index contributed by atoms with van der Waals surface area (Å²) < 4.78 is 10.7. The number of amides is 1. The predicted octanol–water partition coefficient (Wildman–Crippen LogP) is 3.43. The van der Waals surface area contributed by atoms with Gasteiger partial charge < -0.3 is 14.8 Å². The Morgan fingerprint density at radius 1 is 1.32 bits per heavy atom. The van der Waals surface area contributed by atoms with Crippen LogP contribution in [0.15, 0.2) is 0 Å². The fourth-order valence-electron chi connectivity index (χ4n) is 2.28. The first-order valence-corrected chi connectivity index (χ1v) is 7.31. The maximum absolute atomic E-state index is 11.8. The minimum Gasteiger partial charge on any atom is -0.487 e. The molecule has 1 rings (SSSR count). The molecule has 0 aromatic heterocycles. The van der Waals surface area contributed by atoms with Gasteiger partial charge in [-0.05, 0) is 45.8 Å². The Hall–Kier alpha value is -0.840. The molecule has 0 heterocycles. The van der Waals surface area contributed by atoms with Gasteiger partial charge in [-0.2, -0.15) is 0 Å². The molecule has 0 unspecified atom stereocenters. The molecule has 0 bridgehead atoms. The van der Waals surface area contributed by atoms with Crippen molar-refractivity contribution in [2.24, 2.45) is 5.92 Å². The summed E-state index contributed by atoms with van der Waals surface area (Å²) in [6.07, 6.45) is 4.00. The van der Waals surface area contributed by atoms with Crippen molar-refractivity contribution < 1.29 is 14.3 Å². The quantitative estimate of drug-likeness (QED) is 0.808. The van der Waals surface area contributed by atoms with Gasteiger partial charge in [0, 0.05) is 18.9 Å². The molecule has 1 saturated carbocycles. The molecule has 0 radical (unpaired) electrons. The summed E-state index contributed by atoms with van der Waals surface area (Å²) in [6.45, 7) is 7.95. The molecule has 1 amide bonds. The van der Waals surface area contributed by atoms with Crippen molar-refractivity contribution in [1.29, 1.82) is 0 Å². The minimum absolute atomic E-state index is 0.123. The Balaban J connectivity index is 2.47. The maximum atomic E-state index is 11.8. The van der Waals surface area contributed by atoms with Crippen LogP contribution < -0.4 is 5.32 Å². The molecular weight excluding hydrogens is 262 g/mol. The van der Waals surface area contributed by atoms with Gasteiger partial charge in [0.1, 0.15) is 5.60 Å². The molecule has 4 nitrogen and oxygen atoms in total. The second-order valence-electron chi connectivity index (χ2n) is 6.10. The number of hydrogen-bond acceptors (Lipinski definition) is 4. The van der Waals surface area contributed by atoms with Gasteiger partial charge in [0.15, 0.2) is 5.05 Å².